The Balaban J connectivity index is 2.03. The van der Waals surface area contributed by atoms with Crippen molar-refractivity contribution < 1.29 is 13.2 Å². The Kier molecular flexibility index (Phi) is 3.38. The minimum Gasteiger partial charge on any atom is -0.343 e. The summed E-state index contributed by atoms with van der Waals surface area (Å²) in [6.07, 6.45) is 0.864. The minimum absolute atomic E-state index is 0.171. The van der Waals surface area contributed by atoms with E-state index in [2.05, 4.69) is 16.0 Å². The van der Waals surface area contributed by atoms with Crippen molar-refractivity contribution in [3.8, 4) is 11.1 Å². The van der Waals surface area contributed by atoms with Crippen molar-refractivity contribution in [2.45, 2.75) is 13.0 Å². The smallest absolute Gasteiger partial charge is 0.136 e. The molecule has 0 spiro atoms. The standard InChI is InChI=1S/C18H15F3N2/c19-12-9-15(20)17(16(21)10-12)14-3-1-2-11-8-13-4-5-22-6-7-23(13)18(11)14/h1-3,8-10,22H,4-7H2. The normalized spacial score (nSPS) is 14.7. The van der Waals surface area contributed by atoms with Crippen LogP contribution < -0.4 is 5.32 Å². The first-order valence-corrected chi connectivity index (χ1v) is 7.62. The van der Waals surface area contributed by atoms with Gasteiger partial charge >= 0.3 is 0 Å². The maximum Gasteiger partial charge on any atom is 0.136 e. The van der Waals surface area contributed by atoms with Crippen LogP contribution in [-0.2, 0) is 13.0 Å². The third-order valence-electron chi connectivity index (χ3n) is 4.35. The Morgan fingerprint density at radius 2 is 1.74 bits per heavy atom. The van der Waals surface area contributed by atoms with Crippen molar-refractivity contribution in [3.63, 3.8) is 0 Å². The number of hydrogen-bond donors (Lipinski definition) is 1. The molecule has 0 fully saturated rings. The molecule has 0 bridgehead atoms. The molecule has 0 unspecified atom stereocenters. The van der Waals surface area contributed by atoms with Gasteiger partial charge in [0.25, 0.3) is 0 Å². The monoisotopic (exact) mass is 316 g/mol. The summed E-state index contributed by atoms with van der Waals surface area (Å²) in [5, 5.41) is 4.26. The summed E-state index contributed by atoms with van der Waals surface area (Å²) < 4.78 is 43.8. The van der Waals surface area contributed by atoms with Crippen LogP contribution in [0, 0.1) is 17.5 Å². The zero-order chi connectivity index (χ0) is 16.0. The van der Waals surface area contributed by atoms with E-state index in [1.807, 2.05) is 6.07 Å². The molecule has 0 saturated carbocycles. The van der Waals surface area contributed by atoms with Gasteiger partial charge in [-0.25, -0.2) is 13.2 Å². The number of nitrogens with one attached hydrogen (secondary N) is 1. The van der Waals surface area contributed by atoms with E-state index >= 15 is 0 Å². The average molecular weight is 316 g/mol. The van der Waals surface area contributed by atoms with E-state index < -0.39 is 17.5 Å². The molecule has 4 rings (SSSR count). The van der Waals surface area contributed by atoms with Crippen LogP contribution in [0.5, 0.6) is 0 Å². The molecule has 1 aromatic heterocycles. The van der Waals surface area contributed by atoms with Crippen LogP contribution >= 0.6 is 0 Å². The van der Waals surface area contributed by atoms with Gasteiger partial charge in [0.05, 0.1) is 11.1 Å². The fourth-order valence-corrected chi connectivity index (χ4v) is 3.38. The number of halogens is 3. The fourth-order valence-electron chi connectivity index (χ4n) is 3.38. The first-order chi connectivity index (χ1) is 11.1. The Hall–Kier alpha value is -2.27. The van der Waals surface area contributed by atoms with Crippen LogP contribution in [0.2, 0.25) is 0 Å². The van der Waals surface area contributed by atoms with Gasteiger partial charge in [0.2, 0.25) is 0 Å². The number of fused-ring (bicyclic) bond motifs is 3. The number of nitrogens with zero attached hydrogens (tertiary/aromatic N) is 1. The Bertz CT molecular complexity index is 876. The van der Waals surface area contributed by atoms with Gasteiger partial charge in [-0.15, -0.1) is 0 Å². The number of hydrogen-bond acceptors (Lipinski definition) is 1. The average Bonchev–Trinajstić information content (AvgIpc) is 2.69. The van der Waals surface area contributed by atoms with Gasteiger partial charge in [-0.3, -0.25) is 0 Å². The van der Waals surface area contributed by atoms with Crippen LogP contribution in [0.4, 0.5) is 13.2 Å². The van der Waals surface area contributed by atoms with E-state index in [-0.39, 0.29) is 5.56 Å². The summed E-state index contributed by atoms with van der Waals surface area (Å²) in [6.45, 7) is 2.42. The predicted molar refractivity (Wildman–Crippen MR) is 83.8 cm³/mol. The van der Waals surface area contributed by atoms with E-state index in [0.29, 0.717) is 5.56 Å². The van der Waals surface area contributed by atoms with Gasteiger partial charge in [0.15, 0.2) is 0 Å². The molecular formula is C18H15F3N2. The largest absolute Gasteiger partial charge is 0.343 e. The molecule has 0 atom stereocenters. The minimum atomic E-state index is -0.908. The summed E-state index contributed by atoms with van der Waals surface area (Å²) in [4.78, 5) is 0. The molecule has 0 amide bonds. The highest BCUT2D eigenvalue weighted by atomic mass is 19.1. The second-order valence-electron chi connectivity index (χ2n) is 5.78. The summed E-state index contributed by atoms with van der Waals surface area (Å²) in [5.74, 6) is -2.66. The SMILES string of the molecule is Fc1cc(F)c(-c2cccc3cc4n(c23)CCNCC4)c(F)c1. The van der Waals surface area contributed by atoms with Gasteiger partial charge in [-0.1, -0.05) is 18.2 Å². The van der Waals surface area contributed by atoms with Crippen molar-refractivity contribution in [1.29, 1.82) is 0 Å². The summed E-state index contributed by atoms with van der Waals surface area (Å²) >= 11 is 0. The molecule has 0 saturated heterocycles. The first-order valence-electron chi connectivity index (χ1n) is 7.62. The van der Waals surface area contributed by atoms with Crippen molar-refractivity contribution in [2.24, 2.45) is 0 Å². The second kappa shape index (κ2) is 5.42. The van der Waals surface area contributed by atoms with Gasteiger partial charge in [0.1, 0.15) is 17.5 Å². The maximum atomic E-state index is 14.2. The van der Waals surface area contributed by atoms with Gasteiger partial charge < -0.3 is 9.88 Å². The maximum absolute atomic E-state index is 14.2. The molecule has 1 N–H and O–H groups in total. The molecule has 3 aromatic rings. The van der Waals surface area contributed by atoms with Gasteiger partial charge in [-0.05, 0) is 6.07 Å². The van der Waals surface area contributed by atoms with E-state index in [1.54, 1.807) is 12.1 Å². The number of benzene rings is 2. The number of aromatic nitrogens is 1. The number of rotatable bonds is 1. The third-order valence-corrected chi connectivity index (χ3v) is 4.35. The van der Waals surface area contributed by atoms with Crippen molar-refractivity contribution in [1.82, 2.24) is 9.88 Å². The van der Waals surface area contributed by atoms with Crippen molar-refractivity contribution >= 4 is 10.9 Å². The topological polar surface area (TPSA) is 17.0 Å². The Morgan fingerprint density at radius 3 is 2.52 bits per heavy atom. The lowest BCUT2D eigenvalue weighted by molar-refractivity contribution is 0.548. The Morgan fingerprint density at radius 1 is 0.957 bits per heavy atom. The predicted octanol–water partition coefficient (Wildman–Crippen LogP) is 3.87. The molecule has 118 valence electrons. The molecule has 23 heavy (non-hydrogen) atoms. The van der Waals surface area contributed by atoms with Crippen molar-refractivity contribution in [3.05, 3.63) is 59.5 Å². The second-order valence-corrected chi connectivity index (χ2v) is 5.78. The third kappa shape index (κ3) is 2.32. The van der Waals surface area contributed by atoms with E-state index in [1.165, 1.54) is 0 Å². The van der Waals surface area contributed by atoms with Crippen LogP contribution in [0.25, 0.3) is 22.0 Å². The molecule has 0 aliphatic carbocycles. The Labute approximate surface area is 131 Å². The molecule has 2 heterocycles. The zero-order valence-electron chi connectivity index (χ0n) is 12.4. The quantitative estimate of drug-likeness (QED) is 0.721. The lowest BCUT2D eigenvalue weighted by Crippen LogP contribution is -2.17. The van der Waals surface area contributed by atoms with E-state index in [0.717, 1.165) is 54.8 Å². The molecular weight excluding hydrogens is 301 g/mol. The molecule has 2 aromatic carbocycles. The van der Waals surface area contributed by atoms with Crippen molar-refractivity contribution in [2.75, 3.05) is 13.1 Å². The van der Waals surface area contributed by atoms with E-state index in [9.17, 15) is 13.2 Å². The van der Waals surface area contributed by atoms with Crippen LogP contribution in [0.15, 0.2) is 36.4 Å². The highest BCUT2D eigenvalue weighted by Gasteiger charge is 2.20. The molecule has 0 radical (unpaired) electrons. The van der Waals surface area contributed by atoms with Gasteiger partial charge in [-0.2, -0.15) is 0 Å². The van der Waals surface area contributed by atoms with Crippen LogP contribution in [0.1, 0.15) is 5.69 Å². The summed E-state index contributed by atoms with van der Waals surface area (Å²) in [7, 11) is 0. The summed E-state index contributed by atoms with van der Waals surface area (Å²) in [6, 6.07) is 8.92. The zero-order valence-corrected chi connectivity index (χ0v) is 12.4. The van der Waals surface area contributed by atoms with Crippen LogP contribution in [-0.4, -0.2) is 17.7 Å². The molecule has 1 aliphatic rings. The van der Waals surface area contributed by atoms with Crippen LogP contribution in [0.3, 0.4) is 0 Å². The molecule has 2 nitrogen and oxygen atoms in total. The lowest BCUT2D eigenvalue weighted by atomic mass is 10.0. The molecule has 1 aliphatic heterocycles. The fraction of sp³-hybridized carbons (Fsp3) is 0.222. The number of para-hydroxylation sites is 1. The highest BCUT2D eigenvalue weighted by Crippen LogP contribution is 2.35. The van der Waals surface area contributed by atoms with Gasteiger partial charge in [0, 0.05) is 54.8 Å². The van der Waals surface area contributed by atoms with E-state index in [4.69, 9.17) is 0 Å². The first kappa shape index (κ1) is 14.3. The lowest BCUT2D eigenvalue weighted by Gasteiger charge is -2.12. The summed E-state index contributed by atoms with van der Waals surface area (Å²) in [5.41, 5.74) is 2.23. The highest BCUT2D eigenvalue weighted by molar-refractivity contribution is 5.95. The molecule has 5 heteroatoms.